The third kappa shape index (κ3) is 14.9. The van der Waals surface area contributed by atoms with Gasteiger partial charge in [0.2, 0.25) is 24.9 Å². The van der Waals surface area contributed by atoms with Crippen molar-refractivity contribution in [2.24, 2.45) is 0 Å². The molecule has 85 heavy (non-hydrogen) atoms. The molecule has 0 amide bonds. The first-order chi connectivity index (χ1) is 40.5. The van der Waals surface area contributed by atoms with Crippen molar-refractivity contribution in [3.8, 4) is 68.6 Å². The highest BCUT2D eigenvalue weighted by atomic mass is 16.8. The van der Waals surface area contributed by atoms with E-state index in [9.17, 15) is 75.0 Å². The quantitative estimate of drug-likeness (QED) is 0.0150. The van der Waals surface area contributed by atoms with E-state index in [1.807, 2.05) is 0 Å². The normalized spacial score (nSPS) is 26.8. The van der Waals surface area contributed by atoms with Gasteiger partial charge in [-0.1, -0.05) is 6.07 Å². The lowest BCUT2D eigenvalue weighted by molar-refractivity contribution is -0.345. The summed E-state index contributed by atoms with van der Waals surface area (Å²) in [6.45, 7) is -2.22. The predicted octanol–water partition coefficient (Wildman–Crippen LogP) is -0.0951. The van der Waals surface area contributed by atoms with Crippen LogP contribution in [0.3, 0.4) is 0 Å². The molecule has 29 heteroatoms. The number of phenolic OH excluding ortho intramolecular Hbond substituents is 3. The fraction of sp³-hybridized carbons (Fsp3) is 0.375. The summed E-state index contributed by atoms with van der Waals surface area (Å²) in [7, 11) is 3.90. The summed E-state index contributed by atoms with van der Waals surface area (Å²) in [5, 5.41) is 118. The number of carboxylic acid groups (broad SMARTS) is 1. The van der Waals surface area contributed by atoms with Crippen molar-refractivity contribution in [1.82, 2.24) is 0 Å². The van der Waals surface area contributed by atoms with E-state index in [1.54, 1.807) is 0 Å². The molecule has 0 spiro atoms. The molecule has 14 atom stereocenters. The lowest BCUT2D eigenvalue weighted by Crippen LogP contribution is -2.64. The van der Waals surface area contributed by atoms with Gasteiger partial charge in [-0.15, -0.1) is 0 Å². The van der Waals surface area contributed by atoms with E-state index in [-0.39, 0.29) is 68.5 Å². The zero-order valence-corrected chi connectivity index (χ0v) is 45.0. The highest BCUT2D eigenvalue weighted by molar-refractivity contribution is 5.90. The van der Waals surface area contributed by atoms with Gasteiger partial charge in [0.25, 0.3) is 0 Å². The molecule has 3 aromatic carbocycles. The Morgan fingerprint density at radius 1 is 0.635 bits per heavy atom. The van der Waals surface area contributed by atoms with Gasteiger partial charge in [0.15, 0.2) is 64.5 Å². The first-order valence-corrected chi connectivity index (χ1v) is 25.6. The zero-order chi connectivity index (χ0) is 61.4. The first kappa shape index (κ1) is 62.5. The van der Waals surface area contributed by atoms with E-state index in [2.05, 4.69) is 0 Å². The zero-order valence-electron chi connectivity index (χ0n) is 45.0. The lowest BCUT2D eigenvalue weighted by atomic mass is 9.98. The Labute approximate surface area is 480 Å². The minimum absolute atomic E-state index is 0.0114. The van der Waals surface area contributed by atoms with E-state index in [4.69, 9.17) is 66.4 Å². The van der Waals surface area contributed by atoms with Gasteiger partial charge in [-0.05, 0) is 77.9 Å². The number of ether oxygens (including phenoxy) is 12. The van der Waals surface area contributed by atoms with E-state index < -0.39 is 147 Å². The fourth-order valence-electron chi connectivity index (χ4n) is 8.89. The number of carbonyl (C=O) groups is 3. The molecule has 456 valence electrons. The average Bonchev–Trinajstić information content (AvgIpc) is 3.63. The molecule has 3 saturated heterocycles. The molecule has 3 fully saturated rings. The van der Waals surface area contributed by atoms with Crippen LogP contribution < -0.4 is 29.1 Å². The maximum atomic E-state index is 13.5. The molecule has 29 nitrogen and oxygen atoms in total. The third-order valence-corrected chi connectivity index (χ3v) is 13.3. The maximum Gasteiger partial charge on any atom is 0.510 e. The minimum Gasteiger partial charge on any atom is -0.508 e. The molecule has 0 bridgehead atoms. The number of phenols is 3. The van der Waals surface area contributed by atoms with E-state index in [0.29, 0.717) is 5.56 Å². The monoisotopic (exact) mass is 1200 g/mol. The molecular weight excluding hydrogens is 1140 g/mol. The Hall–Kier alpha value is -8.59. The number of benzene rings is 4. The van der Waals surface area contributed by atoms with Crippen LogP contribution in [0, 0.1) is 0 Å². The summed E-state index contributed by atoms with van der Waals surface area (Å²) in [5.74, 6) is -6.57. The Balaban J connectivity index is 1.15. The Morgan fingerprint density at radius 3 is 1.93 bits per heavy atom. The topological polar surface area (TPSA) is 436 Å². The number of aliphatic hydroxyl groups is 7. The number of aliphatic hydroxyl groups excluding tert-OH is 7. The molecule has 12 N–H and O–H groups in total. The van der Waals surface area contributed by atoms with Gasteiger partial charge < -0.3 is 122 Å². The van der Waals surface area contributed by atoms with Crippen molar-refractivity contribution in [1.29, 1.82) is 0 Å². The lowest BCUT2D eigenvalue weighted by Gasteiger charge is -2.44. The summed E-state index contributed by atoms with van der Waals surface area (Å²) in [6, 6.07) is 15.4. The Morgan fingerprint density at radius 2 is 1.26 bits per heavy atom. The van der Waals surface area contributed by atoms with E-state index >= 15 is 0 Å². The number of hydrogen-bond donors (Lipinski definition) is 11. The second kappa shape index (κ2) is 27.4. The summed E-state index contributed by atoms with van der Waals surface area (Å²) in [4.78, 5) is 60.7. The minimum atomic E-state index is -2.13. The molecule has 5 aliphatic rings. The fourth-order valence-corrected chi connectivity index (χ4v) is 8.89. The van der Waals surface area contributed by atoms with Crippen LogP contribution in [0.5, 0.6) is 46.0 Å². The average molecular weight is 1200 g/mol. The Bertz CT molecular complexity index is 3240. The summed E-state index contributed by atoms with van der Waals surface area (Å²) in [6.07, 6.45) is -23.3. The van der Waals surface area contributed by atoms with Crippen LogP contribution in [0.1, 0.15) is 17.5 Å². The number of aliphatic carboxylic acids is 1. The number of carboxylic acids is 1. The highest BCUT2D eigenvalue weighted by Gasteiger charge is 2.53. The molecule has 0 saturated carbocycles. The van der Waals surface area contributed by atoms with Crippen molar-refractivity contribution < 1.29 is 137 Å². The van der Waals surface area contributed by atoms with Crippen LogP contribution in [0.4, 0.5) is 0 Å². The van der Waals surface area contributed by atoms with Gasteiger partial charge in [0, 0.05) is 23.8 Å². The predicted molar refractivity (Wildman–Crippen MR) is 284 cm³/mol. The van der Waals surface area contributed by atoms with E-state index in [0.717, 1.165) is 24.3 Å². The summed E-state index contributed by atoms with van der Waals surface area (Å²) in [5.41, 5.74) is -0.0841. The molecule has 3 aromatic rings. The van der Waals surface area contributed by atoms with Crippen LogP contribution in [-0.2, 0) is 47.5 Å². The van der Waals surface area contributed by atoms with Crippen molar-refractivity contribution in [3.63, 3.8) is 0 Å². The van der Waals surface area contributed by atoms with Gasteiger partial charge in [-0.25, -0.2) is 4.79 Å². The first-order valence-electron chi connectivity index (χ1n) is 25.6. The second-order valence-electron chi connectivity index (χ2n) is 19.1. The number of rotatable bonds is 21. The summed E-state index contributed by atoms with van der Waals surface area (Å²) >= 11 is 0. The molecule has 0 radical (unpaired) electrons. The van der Waals surface area contributed by atoms with Gasteiger partial charge in [0.1, 0.15) is 79.1 Å². The second-order valence-corrected chi connectivity index (χ2v) is 19.1. The smallest absolute Gasteiger partial charge is 0.508 e. The number of aromatic hydroxyl groups is 3. The molecule has 4 aliphatic heterocycles. The van der Waals surface area contributed by atoms with E-state index in [1.165, 1.54) is 94.1 Å². The van der Waals surface area contributed by atoms with Crippen LogP contribution in [0.25, 0.3) is 34.8 Å². The molecule has 4 heterocycles. The van der Waals surface area contributed by atoms with Crippen molar-refractivity contribution in [2.75, 3.05) is 41.2 Å². The van der Waals surface area contributed by atoms with Gasteiger partial charge in [-0.2, -0.15) is 0 Å². The number of esters is 3. The van der Waals surface area contributed by atoms with Gasteiger partial charge >= 0.3 is 23.9 Å². The SMILES string of the molecule is COc1cc(C=CC(=[OH+])OC[C@H]2O[C@@H](Oc3cc4c(O[C@@H]5O[C@H](COC(=O)CC(=O)O)[C@@H](O)[C@H](O)[C@H]5O)cc(=O)cc-4oc3-c3ccc(O)cc3)[C@H](O[C@@H]3OC[C@@H](O)[C@H](O)[C@H]3OC(=O)C=Cc3cc(OC)c(O)c(OC)c3)[C@@H](O)[C@@H]2O)ccc1O. The van der Waals surface area contributed by atoms with Crippen LogP contribution in [-0.4, -0.2) is 212 Å². The van der Waals surface area contributed by atoms with Crippen molar-refractivity contribution in [2.45, 2.75) is 92.4 Å². The number of methoxy groups -OCH3 is 3. The van der Waals surface area contributed by atoms with Crippen LogP contribution >= 0.6 is 0 Å². The van der Waals surface area contributed by atoms with Crippen molar-refractivity contribution in [3.05, 3.63) is 106 Å². The number of carbonyl (C=O) groups excluding carboxylic acids is 3. The largest absolute Gasteiger partial charge is 0.510 e. The number of fused-ring (bicyclic) bond motifs is 1. The van der Waals surface area contributed by atoms with Gasteiger partial charge in [0.05, 0.1) is 39.6 Å². The van der Waals surface area contributed by atoms with Gasteiger partial charge in [-0.3, -0.25) is 14.4 Å². The van der Waals surface area contributed by atoms with Crippen LogP contribution in [0.2, 0.25) is 0 Å². The maximum absolute atomic E-state index is 13.5. The number of hydrogen-bond acceptors (Lipinski definition) is 27. The molecule has 0 unspecified atom stereocenters. The molecular formula is C56H59O29+. The molecule has 0 aromatic heterocycles. The molecule has 1 aliphatic carbocycles. The Kier molecular flexibility index (Phi) is 20.1. The van der Waals surface area contributed by atoms with Crippen molar-refractivity contribution >= 4 is 36.0 Å². The molecule has 8 rings (SSSR count). The standard InChI is InChI=1S/C56H58O29/c1-73-34-14-24(4-11-30(34)59)5-12-41(63)76-22-39-47(69)49(71)53(85-55-52(44(66)31(60)21-78-55)84-42(64)13-6-25-15-35(74-2)45(67)36(16-25)75-3)56(83-39)81-37-19-29-32(79-51(37)26-7-9-27(57)10-8-26)17-28(58)18-33(29)80-54-50(72)48(70)46(68)38(82-54)23-77-43(65)20-40(61)62/h4-19,31,38-39,44,46-50,52-57,59-60,66-72H,20-23H2,1-3H3,(H,61,62)/p+1/t31-,38-,39-,44+,46-,47-,48+,49+,50-,52-,53-,54-,55+,56-/m1/s1. The third-order valence-electron chi connectivity index (χ3n) is 13.3. The van der Waals surface area contributed by atoms with Crippen LogP contribution in [0.15, 0.2) is 94.2 Å². The highest BCUT2D eigenvalue weighted by Crippen LogP contribution is 2.44. The summed E-state index contributed by atoms with van der Waals surface area (Å²) < 4.78 is 74.1.